The van der Waals surface area contributed by atoms with Gasteiger partial charge in [-0.2, -0.15) is 0 Å². The van der Waals surface area contributed by atoms with Gasteiger partial charge in [0.1, 0.15) is 0 Å². The molecule has 3 rings (SSSR count). The van der Waals surface area contributed by atoms with E-state index in [0.29, 0.717) is 6.54 Å². The monoisotopic (exact) mass is 308 g/mol. The summed E-state index contributed by atoms with van der Waals surface area (Å²) in [6, 6.07) is 12.7. The van der Waals surface area contributed by atoms with Crippen molar-refractivity contribution >= 4 is 17.6 Å². The first-order valence-electron chi connectivity index (χ1n) is 7.18. The fourth-order valence-corrected chi connectivity index (χ4v) is 2.51. The van der Waals surface area contributed by atoms with Gasteiger partial charge in [0.05, 0.1) is 12.2 Å². The number of carbonyl (C=O) groups is 2. The number of carbonyl (C=O) groups excluding carboxylic acids is 2. The molecule has 6 nitrogen and oxygen atoms in total. The molecule has 116 valence electrons. The van der Waals surface area contributed by atoms with Crippen LogP contribution in [0.1, 0.15) is 11.1 Å². The lowest BCUT2D eigenvalue weighted by Crippen LogP contribution is -2.46. The van der Waals surface area contributed by atoms with Gasteiger partial charge in [0.2, 0.25) is 0 Å². The summed E-state index contributed by atoms with van der Waals surface area (Å²) in [4.78, 5) is 30.5. The van der Waals surface area contributed by atoms with Crippen molar-refractivity contribution in [2.75, 3.05) is 6.54 Å². The zero-order chi connectivity index (χ0) is 16.2. The normalized spacial score (nSPS) is 14.6. The molecule has 1 aromatic heterocycles. The van der Waals surface area contributed by atoms with E-state index < -0.39 is 6.03 Å². The maximum absolute atomic E-state index is 12.1. The lowest BCUT2D eigenvalue weighted by molar-refractivity contribution is -0.127. The predicted molar refractivity (Wildman–Crippen MR) is 85.5 cm³/mol. The standard InChI is InChI=1S/C17H16N4O2/c18-17(23)21-11-15(14-6-8-19-9-7-14)20(12-16(21)22)10-13-4-2-1-3-5-13/h1-9,11H,10,12H2,(H2,18,23). The summed E-state index contributed by atoms with van der Waals surface area (Å²) in [5.74, 6) is -0.341. The third kappa shape index (κ3) is 3.21. The van der Waals surface area contributed by atoms with Crippen LogP contribution in [0.4, 0.5) is 4.79 Å². The van der Waals surface area contributed by atoms with Gasteiger partial charge in [-0.25, -0.2) is 9.69 Å². The van der Waals surface area contributed by atoms with Gasteiger partial charge < -0.3 is 10.6 Å². The Morgan fingerprint density at radius 2 is 1.83 bits per heavy atom. The summed E-state index contributed by atoms with van der Waals surface area (Å²) in [6.07, 6.45) is 4.83. The molecule has 0 atom stereocenters. The fraction of sp³-hybridized carbons (Fsp3) is 0.118. The third-order valence-corrected chi connectivity index (χ3v) is 3.62. The van der Waals surface area contributed by atoms with E-state index in [2.05, 4.69) is 4.98 Å². The number of rotatable bonds is 3. The van der Waals surface area contributed by atoms with Gasteiger partial charge >= 0.3 is 6.03 Å². The van der Waals surface area contributed by atoms with Crippen molar-refractivity contribution in [3.05, 3.63) is 72.2 Å². The van der Waals surface area contributed by atoms with Gasteiger partial charge in [-0.15, -0.1) is 0 Å². The van der Waals surface area contributed by atoms with Crippen LogP contribution in [0.2, 0.25) is 0 Å². The van der Waals surface area contributed by atoms with Crippen molar-refractivity contribution in [1.82, 2.24) is 14.8 Å². The summed E-state index contributed by atoms with van der Waals surface area (Å²) in [6.45, 7) is 0.652. The molecule has 1 aliphatic heterocycles. The Hall–Kier alpha value is -3.15. The molecule has 0 unspecified atom stereocenters. The van der Waals surface area contributed by atoms with Crippen molar-refractivity contribution in [2.24, 2.45) is 5.73 Å². The molecule has 0 saturated heterocycles. The molecule has 0 aliphatic carbocycles. The second kappa shape index (κ2) is 6.31. The highest BCUT2D eigenvalue weighted by atomic mass is 16.2. The van der Waals surface area contributed by atoms with Gasteiger partial charge in [-0.3, -0.25) is 9.78 Å². The van der Waals surface area contributed by atoms with Crippen LogP contribution in [0, 0.1) is 0 Å². The number of nitrogens with two attached hydrogens (primary N) is 1. The lowest BCUT2D eigenvalue weighted by atomic mass is 10.1. The molecule has 0 radical (unpaired) electrons. The highest BCUT2D eigenvalue weighted by Crippen LogP contribution is 2.25. The molecule has 0 spiro atoms. The van der Waals surface area contributed by atoms with Crippen molar-refractivity contribution in [2.45, 2.75) is 6.54 Å². The Bertz CT molecular complexity index is 744. The molecule has 0 saturated carbocycles. The molecular formula is C17H16N4O2. The molecular weight excluding hydrogens is 292 g/mol. The Morgan fingerprint density at radius 1 is 1.13 bits per heavy atom. The quantitative estimate of drug-likeness (QED) is 0.937. The maximum Gasteiger partial charge on any atom is 0.325 e. The molecule has 23 heavy (non-hydrogen) atoms. The summed E-state index contributed by atoms with van der Waals surface area (Å²) in [5, 5.41) is 0. The first kappa shape index (κ1) is 14.8. The molecule has 1 aromatic carbocycles. The number of hydrogen-bond donors (Lipinski definition) is 1. The van der Waals surface area contributed by atoms with Gasteiger partial charge in [-0.1, -0.05) is 30.3 Å². The predicted octanol–water partition coefficient (Wildman–Crippen LogP) is 1.80. The summed E-state index contributed by atoms with van der Waals surface area (Å²) < 4.78 is 0. The highest BCUT2D eigenvalue weighted by molar-refractivity contribution is 5.99. The van der Waals surface area contributed by atoms with Crippen LogP contribution in [0.3, 0.4) is 0 Å². The van der Waals surface area contributed by atoms with Crippen molar-refractivity contribution in [1.29, 1.82) is 0 Å². The van der Waals surface area contributed by atoms with Gasteiger partial charge in [-0.05, 0) is 17.7 Å². The molecule has 2 aromatic rings. The van der Waals surface area contributed by atoms with Crippen LogP contribution in [0.5, 0.6) is 0 Å². The van der Waals surface area contributed by atoms with Crippen LogP contribution in [-0.2, 0) is 11.3 Å². The first-order valence-corrected chi connectivity index (χ1v) is 7.18. The summed E-state index contributed by atoms with van der Waals surface area (Å²) >= 11 is 0. The van der Waals surface area contributed by atoms with Crippen molar-refractivity contribution in [3.8, 4) is 0 Å². The van der Waals surface area contributed by atoms with Crippen molar-refractivity contribution < 1.29 is 9.59 Å². The van der Waals surface area contributed by atoms with Crippen LogP contribution >= 0.6 is 0 Å². The number of primary amides is 1. The average molecular weight is 308 g/mol. The number of hydrogen-bond acceptors (Lipinski definition) is 4. The minimum absolute atomic E-state index is 0.0893. The number of pyridine rings is 1. The van der Waals surface area contributed by atoms with Crippen molar-refractivity contribution in [3.63, 3.8) is 0 Å². The van der Waals surface area contributed by atoms with E-state index in [-0.39, 0.29) is 12.5 Å². The molecule has 2 heterocycles. The van der Waals surface area contributed by atoms with E-state index in [4.69, 9.17) is 5.73 Å². The average Bonchev–Trinajstić information content (AvgIpc) is 2.56. The number of imide groups is 1. The third-order valence-electron chi connectivity index (χ3n) is 3.62. The Kier molecular flexibility index (Phi) is 4.05. The van der Waals surface area contributed by atoms with E-state index in [1.165, 1.54) is 6.20 Å². The Balaban J connectivity index is 1.98. The van der Waals surface area contributed by atoms with Crippen LogP contribution < -0.4 is 5.73 Å². The van der Waals surface area contributed by atoms with Gasteiger partial charge in [0.15, 0.2) is 0 Å². The van der Waals surface area contributed by atoms with E-state index in [9.17, 15) is 9.59 Å². The van der Waals surface area contributed by atoms with Crippen LogP contribution in [-0.4, -0.2) is 33.3 Å². The first-order chi connectivity index (χ1) is 11.1. The Labute approximate surface area is 133 Å². The summed E-state index contributed by atoms with van der Waals surface area (Å²) in [7, 11) is 0. The number of benzene rings is 1. The second-order valence-electron chi connectivity index (χ2n) is 5.19. The SMILES string of the molecule is NC(=O)N1C=C(c2ccncc2)N(Cc2ccccc2)CC1=O. The molecule has 0 fully saturated rings. The van der Waals surface area contributed by atoms with E-state index in [0.717, 1.165) is 21.7 Å². The van der Waals surface area contributed by atoms with Gasteiger partial charge in [0.25, 0.3) is 5.91 Å². The van der Waals surface area contributed by atoms with Crippen LogP contribution in [0.15, 0.2) is 61.1 Å². The number of aromatic nitrogens is 1. The zero-order valence-corrected chi connectivity index (χ0v) is 12.4. The lowest BCUT2D eigenvalue weighted by Gasteiger charge is -2.33. The maximum atomic E-state index is 12.1. The molecule has 3 amide bonds. The molecule has 2 N–H and O–H groups in total. The molecule has 6 heteroatoms. The minimum Gasteiger partial charge on any atom is -0.356 e. The number of nitrogens with zero attached hydrogens (tertiary/aromatic N) is 3. The number of amides is 3. The number of urea groups is 1. The molecule has 1 aliphatic rings. The fourth-order valence-electron chi connectivity index (χ4n) is 2.51. The Morgan fingerprint density at radius 3 is 2.48 bits per heavy atom. The smallest absolute Gasteiger partial charge is 0.325 e. The van der Waals surface area contributed by atoms with Crippen LogP contribution in [0.25, 0.3) is 5.70 Å². The van der Waals surface area contributed by atoms with E-state index in [1.807, 2.05) is 47.4 Å². The van der Waals surface area contributed by atoms with E-state index >= 15 is 0 Å². The highest BCUT2D eigenvalue weighted by Gasteiger charge is 2.28. The van der Waals surface area contributed by atoms with Gasteiger partial charge in [0, 0.05) is 30.7 Å². The second-order valence-corrected chi connectivity index (χ2v) is 5.19. The minimum atomic E-state index is -0.777. The largest absolute Gasteiger partial charge is 0.356 e. The zero-order valence-electron chi connectivity index (χ0n) is 12.4. The topological polar surface area (TPSA) is 79.5 Å². The van der Waals surface area contributed by atoms with E-state index in [1.54, 1.807) is 12.4 Å². The molecule has 0 bridgehead atoms. The summed E-state index contributed by atoms with van der Waals surface area (Å²) in [5.41, 5.74) is 7.99.